The highest BCUT2D eigenvalue weighted by Gasteiger charge is 2.17. The number of aromatic nitrogens is 1. The van der Waals surface area contributed by atoms with E-state index in [0.717, 1.165) is 0 Å². The molecule has 0 amide bonds. The normalized spacial score (nSPS) is 12.7. The summed E-state index contributed by atoms with van der Waals surface area (Å²) < 4.78 is 5.81. The van der Waals surface area contributed by atoms with Crippen LogP contribution in [0.15, 0.2) is 39.5 Å². The minimum absolute atomic E-state index is 0.303. The van der Waals surface area contributed by atoms with E-state index in [4.69, 9.17) is 10.2 Å². The van der Waals surface area contributed by atoms with E-state index in [2.05, 4.69) is 20.9 Å². The summed E-state index contributed by atoms with van der Waals surface area (Å²) in [5.41, 5.74) is 6.18. The quantitative estimate of drug-likeness (QED) is 0.875. The van der Waals surface area contributed by atoms with E-state index >= 15 is 0 Å². The lowest BCUT2D eigenvalue weighted by Gasteiger charge is -2.09. The first-order chi connectivity index (χ1) is 7.18. The van der Waals surface area contributed by atoms with Gasteiger partial charge in [0.25, 0.3) is 0 Å². The summed E-state index contributed by atoms with van der Waals surface area (Å²) in [4.78, 5) is 3.90. The molecule has 0 bridgehead atoms. The maximum Gasteiger partial charge on any atom is 0.169 e. The van der Waals surface area contributed by atoms with Crippen molar-refractivity contribution in [2.24, 2.45) is 0 Å². The minimum atomic E-state index is -0.884. The Balaban J connectivity index is 2.36. The van der Waals surface area contributed by atoms with Crippen molar-refractivity contribution in [2.75, 3.05) is 5.73 Å². The number of rotatable bonds is 2. The molecule has 2 aromatic rings. The maximum atomic E-state index is 9.95. The van der Waals surface area contributed by atoms with Gasteiger partial charge in [0, 0.05) is 11.8 Å². The average Bonchev–Trinajstić information content (AvgIpc) is 2.65. The zero-order chi connectivity index (χ0) is 10.8. The number of anilines is 1. The second kappa shape index (κ2) is 4.04. The highest BCUT2D eigenvalue weighted by molar-refractivity contribution is 9.10. The highest BCUT2D eigenvalue weighted by Crippen LogP contribution is 2.27. The third-order valence-corrected chi connectivity index (χ3v) is 2.46. The average molecular weight is 269 g/mol. The third-order valence-electron chi connectivity index (χ3n) is 2.03. The number of pyridine rings is 1. The minimum Gasteiger partial charge on any atom is -0.451 e. The zero-order valence-electron chi connectivity index (χ0n) is 7.72. The van der Waals surface area contributed by atoms with Gasteiger partial charge in [-0.3, -0.25) is 0 Å². The first-order valence-corrected chi connectivity index (χ1v) is 5.11. The molecule has 1 unspecified atom stereocenters. The van der Waals surface area contributed by atoms with E-state index in [1.807, 2.05) is 0 Å². The third kappa shape index (κ3) is 2.03. The van der Waals surface area contributed by atoms with Crippen LogP contribution in [0.1, 0.15) is 17.4 Å². The van der Waals surface area contributed by atoms with E-state index in [-0.39, 0.29) is 0 Å². The monoisotopic (exact) mass is 268 g/mol. The topological polar surface area (TPSA) is 72.3 Å². The summed E-state index contributed by atoms with van der Waals surface area (Å²) in [6, 6.07) is 6.82. The molecule has 0 radical (unpaired) electrons. The van der Waals surface area contributed by atoms with Crippen LogP contribution in [-0.2, 0) is 0 Å². The number of halogens is 1. The molecular weight excluding hydrogens is 260 g/mol. The van der Waals surface area contributed by atoms with Gasteiger partial charge >= 0.3 is 0 Å². The van der Waals surface area contributed by atoms with Gasteiger partial charge in [-0.1, -0.05) is 6.07 Å². The lowest BCUT2D eigenvalue weighted by Crippen LogP contribution is -2.04. The van der Waals surface area contributed by atoms with Crippen LogP contribution in [0.4, 0.5) is 5.82 Å². The van der Waals surface area contributed by atoms with Crippen molar-refractivity contribution >= 4 is 21.7 Å². The van der Waals surface area contributed by atoms with E-state index < -0.39 is 6.10 Å². The Morgan fingerprint density at radius 3 is 2.80 bits per heavy atom. The molecule has 5 heteroatoms. The lowest BCUT2D eigenvalue weighted by molar-refractivity contribution is 0.188. The van der Waals surface area contributed by atoms with Gasteiger partial charge in [-0.05, 0) is 34.1 Å². The molecule has 15 heavy (non-hydrogen) atoms. The van der Waals surface area contributed by atoms with Crippen molar-refractivity contribution in [3.05, 3.63) is 46.5 Å². The predicted molar refractivity (Wildman–Crippen MR) is 59.1 cm³/mol. The Bertz CT molecular complexity index is 470. The van der Waals surface area contributed by atoms with Crippen LogP contribution < -0.4 is 5.73 Å². The molecule has 0 fully saturated rings. The summed E-state index contributed by atoms with van der Waals surface area (Å²) in [6.45, 7) is 0. The van der Waals surface area contributed by atoms with Gasteiger partial charge in [-0.2, -0.15) is 0 Å². The Kier molecular flexibility index (Phi) is 2.75. The van der Waals surface area contributed by atoms with Crippen LogP contribution in [0.5, 0.6) is 0 Å². The second-order valence-corrected chi connectivity index (χ2v) is 3.80. The molecule has 0 saturated heterocycles. The fraction of sp³-hybridized carbons (Fsp3) is 0.100. The molecule has 3 N–H and O–H groups in total. The van der Waals surface area contributed by atoms with Gasteiger partial charge in [0.15, 0.2) is 4.67 Å². The molecule has 2 aromatic heterocycles. The Labute approximate surface area is 94.9 Å². The van der Waals surface area contributed by atoms with Crippen molar-refractivity contribution in [3.63, 3.8) is 0 Å². The number of hydrogen-bond donors (Lipinski definition) is 2. The number of hydrogen-bond acceptors (Lipinski definition) is 4. The summed E-state index contributed by atoms with van der Waals surface area (Å²) in [5, 5.41) is 9.95. The first kappa shape index (κ1) is 10.2. The van der Waals surface area contributed by atoms with Gasteiger partial charge in [0.2, 0.25) is 0 Å². The molecule has 1 atom stereocenters. The van der Waals surface area contributed by atoms with Gasteiger partial charge < -0.3 is 15.3 Å². The largest absolute Gasteiger partial charge is 0.451 e. The summed E-state index contributed by atoms with van der Waals surface area (Å²) in [6.07, 6.45) is 0.689. The predicted octanol–water partition coefficient (Wildman–Crippen LogP) is 2.10. The van der Waals surface area contributed by atoms with Crippen LogP contribution in [0.2, 0.25) is 0 Å². The Morgan fingerprint density at radius 1 is 1.40 bits per heavy atom. The van der Waals surface area contributed by atoms with Gasteiger partial charge in [0.05, 0.1) is 0 Å². The van der Waals surface area contributed by atoms with Gasteiger partial charge in [-0.25, -0.2) is 4.98 Å². The molecule has 0 aliphatic rings. The second-order valence-electron chi connectivity index (χ2n) is 3.02. The number of aliphatic hydroxyl groups is 1. The first-order valence-electron chi connectivity index (χ1n) is 4.32. The number of nitrogens with zero attached hydrogens (tertiary/aromatic N) is 1. The van der Waals surface area contributed by atoms with Gasteiger partial charge in [-0.15, -0.1) is 0 Å². The summed E-state index contributed by atoms with van der Waals surface area (Å²) in [5.74, 6) is 0.735. The number of nitrogens with two attached hydrogens (primary N) is 1. The number of aliphatic hydroxyl groups excluding tert-OH is 1. The van der Waals surface area contributed by atoms with Crippen LogP contribution in [0.25, 0.3) is 0 Å². The molecule has 2 heterocycles. The SMILES string of the molecule is Nc1ncccc1C(O)c1ccc(Br)o1. The van der Waals surface area contributed by atoms with E-state index in [9.17, 15) is 5.11 Å². The number of furan rings is 1. The molecule has 78 valence electrons. The van der Waals surface area contributed by atoms with Crippen LogP contribution in [0, 0.1) is 0 Å². The molecule has 0 aromatic carbocycles. The van der Waals surface area contributed by atoms with E-state index in [1.165, 1.54) is 0 Å². The summed E-state index contributed by atoms with van der Waals surface area (Å²) >= 11 is 3.17. The van der Waals surface area contributed by atoms with Crippen molar-refractivity contribution in [2.45, 2.75) is 6.10 Å². The molecule has 2 rings (SSSR count). The van der Waals surface area contributed by atoms with Crippen molar-refractivity contribution < 1.29 is 9.52 Å². The maximum absolute atomic E-state index is 9.95. The van der Waals surface area contributed by atoms with E-state index in [0.29, 0.717) is 21.8 Å². The zero-order valence-corrected chi connectivity index (χ0v) is 9.31. The van der Waals surface area contributed by atoms with Crippen molar-refractivity contribution in [1.29, 1.82) is 0 Å². The Hall–Kier alpha value is -1.33. The van der Waals surface area contributed by atoms with E-state index in [1.54, 1.807) is 30.5 Å². The van der Waals surface area contributed by atoms with Crippen LogP contribution in [0.3, 0.4) is 0 Å². The molecule has 0 saturated carbocycles. The fourth-order valence-corrected chi connectivity index (χ4v) is 1.61. The lowest BCUT2D eigenvalue weighted by atomic mass is 10.1. The van der Waals surface area contributed by atoms with Gasteiger partial charge in [0.1, 0.15) is 17.7 Å². The van der Waals surface area contributed by atoms with Crippen molar-refractivity contribution in [3.8, 4) is 0 Å². The smallest absolute Gasteiger partial charge is 0.169 e. The molecule has 0 aliphatic carbocycles. The molecule has 4 nitrogen and oxygen atoms in total. The highest BCUT2D eigenvalue weighted by atomic mass is 79.9. The molecule has 0 spiro atoms. The summed E-state index contributed by atoms with van der Waals surface area (Å²) in [7, 11) is 0. The number of nitrogen functional groups attached to an aromatic ring is 1. The molecule has 0 aliphatic heterocycles. The molecular formula is C10H9BrN2O2. The standard InChI is InChI=1S/C10H9BrN2O2/c11-8-4-3-7(15-8)9(14)6-2-1-5-13-10(6)12/h1-5,9,14H,(H2,12,13). The van der Waals surface area contributed by atoms with Crippen LogP contribution >= 0.6 is 15.9 Å². The van der Waals surface area contributed by atoms with Crippen LogP contribution in [-0.4, -0.2) is 10.1 Å². The van der Waals surface area contributed by atoms with Crippen molar-refractivity contribution in [1.82, 2.24) is 4.98 Å². The fourth-order valence-electron chi connectivity index (χ4n) is 1.29. The Morgan fingerprint density at radius 2 is 2.20 bits per heavy atom.